The highest BCUT2D eigenvalue weighted by Gasteiger charge is 2.26. The Hall–Kier alpha value is -0.0800. The van der Waals surface area contributed by atoms with Gasteiger partial charge in [0.1, 0.15) is 0 Å². The Morgan fingerprint density at radius 3 is 2.69 bits per heavy atom. The van der Waals surface area contributed by atoms with Gasteiger partial charge in [-0.15, -0.1) is 0 Å². The SMILES string of the molecule is CCC1CCCN(C2CNC2)CC1. The summed E-state index contributed by atoms with van der Waals surface area (Å²) in [6, 6.07) is 0.871. The predicted octanol–water partition coefficient (Wildman–Crippen LogP) is 1.47. The fraction of sp³-hybridized carbons (Fsp3) is 1.00. The first-order valence-electron chi connectivity index (χ1n) is 5.85. The molecule has 0 aliphatic carbocycles. The minimum Gasteiger partial charge on any atom is -0.314 e. The first-order valence-corrected chi connectivity index (χ1v) is 5.85. The number of nitrogens with one attached hydrogen (secondary N) is 1. The number of rotatable bonds is 2. The van der Waals surface area contributed by atoms with Gasteiger partial charge in [-0.2, -0.15) is 0 Å². The first kappa shape index (κ1) is 9.47. The number of hydrogen-bond acceptors (Lipinski definition) is 2. The third-order valence-electron chi connectivity index (χ3n) is 3.74. The third-order valence-corrected chi connectivity index (χ3v) is 3.74. The van der Waals surface area contributed by atoms with E-state index in [0.29, 0.717) is 0 Å². The Morgan fingerprint density at radius 2 is 2.08 bits per heavy atom. The zero-order valence-electron chi connectivity index (χ0n) is 8.76. The molecule has 0 spiro atoms. The summed E-state index contributed by atoms with van der Waals surface area (Å²) < 4.78 is 0. The molecule has 2 saturated heterocycles. The van der Waals surface area contributed by atoms with E-state index in [-0.39, 0.29) is 0 Å². The zero-order chi connectivity index (χ0) is 9.10. The van der Waals surface area contributed by atoms with E-state index in [0.717, 1.165) is 12.0 Å². The van der Waals surface area contributed by atoms with E-state index in [1.54, 1.807) is 0 Å². The molecule has 2 heteroatoms. The quantitative estimate of drug-likeness (QED) is 0.695. The molecule has 0 amide bonds. The van der Waals surface area contributed by atoms with Crippen molar-refractivity contribution in [2.45, 2.75) is 38.6 Å². The molecule has 2 heterocycles. The molecule has 1 atom stereocenters. The van der Waals surface area contributed by atoms with Gasteiger partial charge in [0, 0.05) is 19.1 Å². The van der Waals surface area contributed by atoms with Crippen LogP contribution in [0.4, 0.5) is 0 Å². The smallest absolute Gasteiger partial charge is 0.0345 e. The highest BCUT2D eigenvalue weighted by molar-refractivity contribution is 4.86. The van der Waals surface area contributed by atoms with Crippen molar-refractivity contribution in [2.75, 3.05) is 26.2 Å². The lowest BCUT2D eigenvalue weighted by atomic mass is 9.98. The van der Waals surface area contributed by atoms with Crippen LogP contribution in [0.15, 0.2) is 0 Å². The maximum absolute atomic E-state index is 3.36. The van der Waals surface area contributed by atoms with E-state index < -0.39 is 0 Å². The lowest BCUT2D eigenvalue weighted by Crippen LogP contribution is -2.57. The second-order valence-corrected chi connectivity index (χ2v) is 4.55. The summed E-state index contributed by atoms with van der Waals surface area (Å²) in [7, 11) is 0. The molecule has 0 aromatic carbocycles. The second-order valence-electron chi connectivity index (χ2n) is 4.55. The Kier molecular flexibility index (Phi) is 3.23. The molecule has 2 aliphatic heterocycles. The van der Waals surface area contributed by atoms with E-state index >= 15 is 0 Å². The molecule has 0 bridgehead atoms. The van der Waals surface area contributed by atoms with Crippen LogP contribution in [-0.2, 0) is 0 Å². The fourth-order valence-electron chi connectivity index (χ4n) is 2.49. The van der Waals surface area contributed by atoms with E-state index in [4.69, 9.17) is 0 Å². The molecule has 2 aliphatic rings. The van der Waals surface area contributed by atoms with Crippen LogP contribution in [-0.4, -0.2) is 37.1 Å². The third kappa shape index (κ3) is 2.23. The minimum atomic E-state index is 0.871. The first-order chi connectivity index (χ1) is 6.40. The Balaban J connectivity index is 1.79. The van der Waals surface area contributed by atoms with Gasteiger partial charge in [0.25, 0.3) is 0 Å². The number of hydrogen-bond donors (Lipinski definition) is 1. The Morgan fingerprint density at radius 1 is 1.23 bits per heavy atom. The molecule has 0 aromatic heterocycles. The lowest BCUT2D eigenvalue weighted by molar-refractivity contribution is 0.149. The average molecular weight is 182 g/mol. The lowest BCUT2D eigenvalue weighted by Gasteiger charge is -2.37. The van der Waals surface area contributed by atoms with Crippen molar-refractivity contribution >= 4 is 0 Å². The highest BCUT2D eigenvalue weighted by Crippen LogP contribution is 2.21. The summed E-state index contributed by atoms with van der Waals surface area (Å²) in [6.07, 6.45) is 5.71. The molecule has 0 aromatic rings. The van der Waals surface area contributed by atoms with Crippen LogP contribution in [0.2, 0.25) is 0 Å². The molecule has 2 fully saturated rings. The summed E-state index contributed by atoms with van der Waals surface area (Å²) in [5, 5.41) is 3.36. The zero-order valence-corrected chi connectivity index (χ0v) is 8.76. The van der Waals surface area contributed by atoms with Crippen LogP contribution in [0.1, 0.15) is 32.6 Å². The molecule has 13 heavy (non-hydrogen) atoms. The van der Waals surface area contributed by atoms with E-state index in [9.17, 15) is 0 Å². The summed E-state index contributed by atoms with van der Waals surface area (Å²) in [5.41, 5.74) is 0. The van der Waals surface area contributed by atoms with Gasteiger partial charge in [-0.1, -0.05) is 13.3 Å². The van der Waals surface area contributed by atoms with Gasteiger partial charge in [0.15, 0.2) is 0 Å². The van der Waals surface area contributed by atoms with Gasteiger partial charge >= 0.3 is 0 Å². The van der Waals surface area contributed by atoms with Crippen LogP contribution in [0, 0.1) is 5.92 Å². The van der Waals surface area contributed by atoms with Gasteiger partial charge in [-0.05, 0) is 38.3 Å². The van der Waals surface area contributed by atoms with E-state index in [1.807, 2.05) is 0 Å². The second kappa shape index (κ2) is 4.43. The van der Waals surface area contributed by atoms with Gasteiger partial charge < -0.3 is 5.32 Å². The maximum atomic E-state index is 3.36. The van der Waals surface area contributed by atoms with Gasteiger partial charge in [-0.3, -0.25) is 4.90 Å². The van der Waals surface area contributed by atoms with Crippen LogP contribution >= 0.6 is 0 Å². The number of likely N-dealkylation sites (tertiary alicyclic amines) is 1. The molecular weight excluding hydrogens is 160 g/mol. The molecule has 1 unspecified atom stereocenters. The van der Waals surface area contributed by atoms with E-state index in [2.05, 4.69) is 17.1 Å². The van der Waals surface area contributed by atoms with Crippen LogP contribution in [0.5, 0.6) is 0 Å². The van der Waals surface area contributed by atoms with Crippen molar-refractivity contribution in [1.82, 2.24) is 10.2 Å². The molecule has 2 nitrogen and oxygen atoms in total. The summed E-state index contributed by atoms with van der Waals surface area (Å²) in [5.74, 6) is 1.01. The number of nitrogens with zero attached hydrogens (tertiary/aromatic N) is 1. The summed E-state index contributed by atoms with van der Waals surface area (Å²) >= 11 is 0. The van der Waals surface area contributed by atoms with Crippen molar-refractivity contribution in [3.63, 3.8) is 0 Å². The normalized spacial score (nSPS) is 32.5. The summed E-state index contributed by atoms with van der Waals surface area (Å²) in [6.45, 7) is 7.51. The fourth-order valence-corrected chi connectivity index (χ4v) is 2.49. The molecule has 0 saturated carbocycles. The highest BCUT2D eigenvalue weighted by atomic mass is 15.2. The van der Waals surface area contributed by atoms with Gasteiger partial charge in [0.2, 0.25) is 0 Å². The Labute approximate surface area is 81.7 Å². The van der Waals surface area contributed by atoms with E-state index in [1.165, 1.54) is 51.9 Å². The van der Waals surface area contributed by atoms with Crippen LogP contribution in [0.25, 0.3) is 0 Å². The topological polar surface area (TPSA) is 15.3 Å². The van der Waals surface area contributed by atoms with Crippen molar-refractivity contribution in [3.8, 4) is 0 Å². The van der Waals surface area contributed by atoms with Crippen molar-refractivity contribution < 1.29 is 0 Å². The summed E-state index contributed by atoms with van der Waals surface area (Å²) in [4.78, 5) is 2.70. The minimum absolute atomic E-state index is 0.871. The molecule has 2 rings (SSSR count). The van der Waals surface area contributed by atoms with Gasteiger partial charge in [-0.25, -0.2) is 0 Å². The van der Waals surface area contributed by atoms with Crippen LogP contribution in [0.3, 0.4) is 0 Å². The monoisotopic (exact) mass is 182 g/mol. The molecule has 0 radical (unpaired) electrons. The molecular formula is C11H22N2. The average Bonchev–Trinajstić information content (AvgIpc) is 2.27. The van der Waals surface area contributed by atoms with Crippen molar-refractivity contribution in [1.29, 1.82) is 0 Å². The van der Waals surface area contributed by atoms with Crippen LogP contribution < -0.4 is 5.32 Å². The van der Waals surface area contributed by atoms with Crippen molar-refractivity contribution in [2.24, 2.45) is 5.92 Å². The molecule has 1 N–H and O–H groups in total. The van der Waals surface area contributed by atoms with Gasteiger partial charge in [0.05, 0.1) is 0 Å². The Bertz CT molecular complexity index is 154. The largest absolute Gasteiger partial charge is 0.314 e. The standard InChI is InChI=1S/C11H22N2/c1-2-10-4-3-6-13(7-5-10)11-8-12-9-11/h10-12H,2-9H2,1H3. The molecule has 76 valence electrons. The predicted molar refractivity (Wildman–Crippen MR) is 55.9 cm³/mol. The van der Waals surface area contributed by atoms with Crippen molar-refractivity contribution in [3.05, 3.63) is 0 Å². The maximum Gasteiger partial charge on any atom is 0.0345 e.